The zero-order valence-corrected chi connectivity index (χ0v) is 8.07. The van der Waals surface area contributed by atoms with Gasteiger partial charge >= 0.3 is 12.1 Å². The highest BCUT2D eigenvalue weighted by atomic mass is 16.5. The number of hydrogen-bond donors (Lipinski definition) is 1. The largest absolute Gasteiger partial charge is 0.467 e. The molecule has 7 nitrogen and oxygen atoms in total. The number of ether oxygens (including phenoxy) is 2. The van der Waals surface area contributed by atoms with Gasteiger partial charge < -0.3 is 9.47 Å². The molecule has 0 saturated heterocycles. The molecule has 1 aromatic rings. The van der Waals surface area contributed by atoms with Crippen LogP contribution in [0.1, 0.15) is 5.82 Å². The van der Waals surface area contributed by atoms with Gasteiger partial charge in [0.25, 0.3) is 0 Å². The van der Waals surface area contributed by atoms with Crippen LogP contribution in [0.3, 0.4) is 0 Å². The predicted octanol–water partition coefficient (Wildman–Crippen LogP) is 0.367. The van der Waals surface area contributed by atoms with E-state index in [4.69, 9.17) is 4.74 Å². The Morgan fingerprint density at radius 2 is 2.00 bits per heavy atom. The molecule has 1 rings (SSSR count). The van der Waals surface area contributed by atoms with Gasteiger partial charge in [0, 0.05) is 0 Å². The van der Waals surface area contributed by atoms with Crippen LogP contribution < -0.4 is 10.1 Å². The lowest BCUT2D eigenvalue weighted by atomic mass is 10.7. The lowest BCUT2D eigenvalue weighted by Crippen LogP contribution is -2.14. The van der Waals surface area contributed by atoms with Crippen molar-refractivity contribution in [1.82, 2.24) is 15.0 Å². The fourth-order valence-electron chi connectivity index (χ4n) is 0.747. The van der Waals surface area contributed by atoms with Crippen molar-refractivity contribution >= 4 is 12.0 Å². The highest BCUT2D eigenvalue weighted by molar-refractivity contribution is 5.81. The number of methoxy groups -OCH3 is 2. The lowest BCUT2D eigenvalue weighted by molar-refractivity contribution is 0.186. The summed E-state index contributed by atoms with van der Waals surface area (Å²) >= 11 is 0. The first kappa shape index (κ1) is 10.2. The molecular formula is C7H10N4O3. The highest BCUT2D eigenvalue weighted by Crippen LogP contribution is 2.06. The van der Waals surface area contributed by atoms with Gasteiger partial charge in [0.15, 0.2) is 0 Å². The van der Waals surface area contributed by atoms with Crippen molar-refractivity contribution in [1.29, 1.82) is 0 Å². The van der Waals surface area contributed by atoms with E-state index in [0.29, 0.717) is 5.82 Å². The van der Waals surface area contributed by atoms with E-state index in [2.05, 4.69) is 25.0 Å². The first-order valence-electron chi connectivity index (χ1n) is 3.77. The normalized spacial score (nSPS) is 9.36. The van der Waals surface area contributed by atoms with E-state index in [0.717, 1.165) is 0 Å². The molecule has 0 saturated carbocycles. The van der Waals surface area contributed by atoms with E-state index in [-0.39, 0.29) is 12.0 Å². The van der Waals surface area contributed by atoms with Crippen LogP contribution in [0.15, 0.2) is 0 Å². The van der Waals surface area contributed by atoms with Gasteiger partial charge in [0.2, 0.25) is 5.95 Å². The second kappa shape index (κ2) is 4.35. The molecule has 1 amide bonds. The van der Waals surface area contributed by atoms with Gasteiger partial charge in [0.1, 0.15) is 5.82 Å². The third kappa shape index (κ3) is 2.54. The lowest BCUT2D eigenvalue weighted by Gasteiger charge is -2.03. The Kier molecular flexibility index (Phi) is 3.16. The summed E-state index contributed by atoms with van der Waals surface area (Å²) in [5, 5.41) is 2.30. The highest BCUT2D eigenvalue weighted by Gasteiger charge is 2.06. The second-order valence-electron chi connectivity index (χ2n) is 2.31. The Morgan fingerprint density at radius 3 is 2.57 bits per heavy atom. The molecule has 0 atom stereocenters. The number of rotatable bonds is 2. The maximum absolute atomic E-state index is 10.8. The standard InChI is InChI=1S/C7H10N4O3/c1-4-8-5(11-7(12)14-3)10-6(9-4)13-2/h1-3H3,(H,8,9,10,11,12). The van der Waals surface area contributed by atoms with Crippen molar-refractivity contribution in [2.75, 3.05) is 19.5 Å². The van der Waals surface area contributed by atoms with Gasteiger partial charge in [0.05, 0.1) is 14.2 Å². The number of nitrogens with zero attached hydrogens (tertiary/aromatic N) is 3. The van der Waals surface area contributed by atoms with Gasteiger partial charge in [-0.25, -0.2) is 4.79 Å². The van der Waals surface area contributed by atoms with Crippen LogP contribution in [0.2, 0.25) is 0 Å². The van der Waals surface area contributed by atoms with E-state index >= 15 is 0 Å². The summed E-state index contributed by atoms with van der Waals surface area (Å²) in [5.41, 5.74) is 0. The molecule has 1 N–H and O–H groups in total. The van der Waals surface area contributed by atoms with Gasteiger partial charge in [-0.15, -0.1) is 0 Å². The van der Waals surface area contributed by atoms with Crippen molar-refractivity contribution in [3.63, 3.8) is 0 Å². The zero-order valence-electron chi connectivity index (χ0n) is 8.07. The monoisotopic (exact) mass is 198 g/mol. The summed E-state index contributed by atoms with van der Waals surface area (Å²) in [4.78, 5) is 22.3. The SMILES string of the molecule is COC(=O)Nc1nc(C)nc(OC)n1. The molecule has 0 aliphatic carbocycles. The van der Waals surface area contributed by atoms with Crippen LogP contribution in [0.4, 0.5) is 10.7 Å². The average Bonchev–Trinajstić information content (AvgIpc) is 2.16. The molecule has 0 radical (unpaired) electrons. The maximum Gasteiger partial charge on any atom is 0.413 e. The summed E-state index contributed by atoms with van der Waals surface area (Å²) in [7, 11) is 2.68. The van der Waals surface area contributed by atoms with Crippen molar-refractivity contribution in [2.24, 2.45) is 0 Å². The Hall–Kier alpha value is -1.92. The van der Waals surface area contributed by atoms with E-state index < -0.39 is 6.09 Å². The van der Waals surface area contributed by atoms with Crippen LogP contribution in [0, 0.1) is 6.92 Å². The van der Waals surface area contributed by atoms with Crippen molar-refractivity contribution in [2.45, 2.75) is 6.92 Å². The quantitative estimate of drug-likeness (QED) is 0.738. The third-order valence-electron chi connectivity index (χ3n) is 1.31. The first-order valence-corrected chi connectivity index (χ1v) is 3.77. The van der Waals surface area contributed by atoms with Crippen LogP contribution in [0.5, 0.6) is 6.01 Å². The predicted molar refractivity (Wildman–Crippen MR) is 47.1 cm³/mol. The summed E-state index contributed by atoms with van der Waals surface area (Å²) in [6.45, 7) is 1.66. The molecule has 0 aliphatic heterocycles. The van der Waals surface area contributed by atoms with Crippen molar-refractivity contribution in [3.8, 4) is 6.01 Å². The van der Waals surface area contributed by atoms with Crippen LogP contribution in [-0.4, -0.2) is 35.3 Å². The van der Waals surface area contributed by atoms with Crippen molar-refractivity contribution in [3.05, 3.63) is 5.82 Å². The number of nitrogens with one attached hydrogen (secondary N) is 1. The average molecular weight is 198 g/mol. The Balaban J connectivity index is 2.86. The number of amides is 1. The molecule has 0 unspecified atom stereocenters. The summed E-state index contributed by atoms with van der Waals surface area (Å²) in [5.74, 6) is 0.546. The van der Waals surface area contributed by atoms with Gasteiger partial charge in [-0.05, 0) is 6.92 Å². The van der Waals surface area contributed by atoms with Crippen molar-refractivity contribution < 1.29 is 14.3 Å². The minimum atomic E-state index is -0.641. The number of carbonyl (C=O) groups excluding carboxylic acids is 1. The molecule has 1 aromatic heterocycles. The number of anilines is 1. The summed E-state index contributed by atoms with van der Waals surface area (Å²) in [6.07, 6.45) is -0.641. The van der Waals surface area contributed by atoms with Gasteiger partial charge in [-0.3, -0.25) is 5.32 Å². The second-order valence-corrected chi connectivity index (χ2v) is 2.31. The van der Waals surface area contributed by atoms with E-state index in [1.807, 2.05) is 0 Å². The fourth-order valence-corrected chi connectivity index (χ4v) is 0.747. The molecule has 7 heteroatoms. The number of aromatic nitrogens is 3. The van der Waals surface area contributed by atoms with Crippen LogP contribution >= 0.6 is 0 Å². The molecular weight excluding hydrogens is 188 g/mol. The molecule has 0 aliphatic rings. The number of aryl methyl sites for hydroxylation is 1. The summed E-state index contributed by atoms with van der Waals surface area (Å²) in [6, 6.07) is 0.143. The van der Waals surface area contributed by atoms with Crippen LogP contribution in [0.25, 0.3) is 0 Å². The first-order chi connectivity index (χ1) is 6.65. The Bertz CT molecular complexity index is 342. The topological polar surface area (TPSA) is 86.2 Å². The van der Waals surface area contributed by atoms with Gasteiger partial charge in [-0.1, -0.05) is 0 Å². The minimum absolute atomic E-state index is 0.0983. The molecule has 0 fully saturated rings. The molecule has 0 bridgehead atoms. The number of carbonyl (C=O) groups is 1. The molecule has 1 heterocycles. The minimum Gasteiger partial charge on any atom is -0.467 e. The maximum atomic E-state index is 10.8. The Labute approximate surface area is 80.5 Å². The van der Waals surface area contributed by atoms with E-state index in [1.54, 1.807) is 6.92 Å². The zero-order chi connectivity index (χ0) is 10.6. The van der Waals surface area contributed by atoms with Crippen LogP contribution in [-0.2, 0) is 4.74 Å². The Morgan fingerprint density at radius 1 is 1.29 bits per heavy atom. The van der Waals surface area contributed by atoms with E-state index in [9.17, 15) is 4.79 Å². The molecule has 0 spiro atoms. The summed E-state index contributed by atoms with van der Waals surface area (Å²) < 4.78 is 9.17. The number of hydrogen-bond acceptors (Lipinski definition) is 6. The molecule has 0 aromatic carbocycles. The third-order valence-corrected chi connectivity index (χ3v) is 1.31. The fraction of sp³-hybridized carbons (Fsp3) is 0.429. The van der Waals surface area contributed by atoms with E-state index in [1.165, 1.54) is 14.2 Å². The molecule has 14 heavy (non-hydrogen) atoms. The van der Waals surface area contributed by atoms with Gasteiger partial charge in [-0.2, -0.15) is 15.0 Å². The smallest absolute Gasteiger partial charge is 0.413 e. The molecule has 76 valence electrons.